The molecule has 0 spiro atoms. The van der Waals surface area contributed by atoms with Gasteiger partial charge in [0.1, 0.15) is 5.60 Å². The molecule has 2 aromatic carbocycles. The molecule has 4 rings (SSSR count). The standard InChI is InChI=1S/C22H25N3O/c1-24-20(12-14-23-24)16-25(15-18-7-3-2-4-8-18)17-22(26)13-11-19-9-5-6-10-21(19)22/h2-10,12,14,26H,11,13,15-17H2,1H3. The summed E-state index contributed by atoms with van der Waals surface area (Å²) in [6, 6.07) is 20.8. The first-order chi connectivity index (χ1) is 12.6. The average Bonchev–Trinajstić information content (AvgIpc) is 3.20. The summed E-state index contributed by atoms with van der Waals surface area (Å²) in [4.78, 5) is 2.33. The molecule has 1 aromatic heterocycles. The topological polar surface area (TPSA) is 41.3 Å². The van der Waals surface area contributed by atoms with Crippen LogP contribution in [0.1, 0.15) is 28.8 Å². The molecule has 1 N–H and O–H groups in total. The molecule has 4 nitrogen and oxygen atoms in total. The van der Waals surface area contributed by atoms with Gasteiger partial charge in [-0.15, -0.1) is 0 Å². The second kappa shape index (κ2) is 7.06. The summed E-state index contributed by atoms with van der Waals surface area (Å²) < 4.78 is 1.91. The summed E-state index contributed by atoms with van der Waals surface area (Å²) in [5.74, 6) is 0. The van der Waals surface area contributed by atoms with Crippen LogP contribution in [0.25, 0.3) is 0 Å². The van der Waals surface area contributed by atoms with E-state index in [1.807, 2.05) is 36.1 Å². The molecule has 1 atom stereocenters. The van der Waals surface area contributed by atoms with E-state index in [0.717, 1.165) is 37.2 Å². The lowest BCUT2D eigenvalue weighted by molar-refractivity contribution is -0.00489. The van der Waals surface area contributed by atoms with Crippen LogP contribution in [0.5, 0.6) is 0 Å². The Bertz CT molecular complexity index is 874. The molecule has 0 fully saturated rings. The van der Waals surface area contributed by atoms with Crippen LogP contribution in [0.15, 0.2) is 66.9 Å². The van der Waals surface area contributed by atoms with E-state index in [4.69, 9.17) is 0 Å². The van der Waals surface area contributed by atoms with Gasteiger partial charge in [-0.2, -0.15) is 5.10 Å². The zero-order chi connectivity index (χ0) is 18.0. The van der Waals surface area contributed by atoms with Crippen LogP contribution in [0.2, 0.25) is 0 Å². The van der Waals surface area contributed by atoms with Crippen LogP contribution in [0.4, 0.5) is 0 Å². The number of hydrogen-bond donors (Lipinski definition) is 1. The molecule has 4 heteroatoms. The van der Waals surface area contributed by atoms with E-state index in [1.54, 1.807) is 0 Å². The van der Waals surface area contributed by atoms with Gasteiger partial charge in [0.25, 0.3) is 0 Å². The van der Waals surface area contributed by atoms with Crippen molar-refractivity contribution in [2.75, 3.05) is 6.54 Å². The molecule has 1 aliphatic carbocycles. The van der Waals surface area contributed by atoms with Crippen molar-refractivity contribution in [2.24, 2.45) is 7.05 Å². The Morgan fingerprint density at radius 3 is 2.58 bits per heavy atom. The first-order valence-electron chi connectivity index (χ1n) is 9.18. The zero-order valence-electron chi connectivity index (χ0n) is 15.2. The van der Waals surface area contributed by atoms with E-state index >= 15 is 0 Å². The average molecular weight is 347 g/mol. The molecular formula is C22H25N3O. The third-order valence-corrected chi connectivity index (χ3v) is 5.37. The Labute approximate surface area is 154 Å². The van der Waals surface area contributed by atoms with Gasteiger partial charge in [0.05, 0.1) is 5.69 Å². The lowest BCUT2D eigenvalue weighted by atomic mass is 9.95. The highest BCUT2D eigenvalue weighted by Gasteiger charge is 2.38. The lowest BCUT2D eigenvalue weighted by Gasteiger charge is -2.32. The number of aliphatic hydroxyl groups is 1. The fraction of sp³-hybridized carbons (Fsp3) is 0.318. The molecule has 3 aromatic rings. The predicted octanol–water partition coefficient (Wildman–Crippen LogP) is 3.26. The van der Waals surface area contributed by atoms with Crippen LogP contribution in [0, 0.1) is 0 Å². The summed E-state index contributed by atoms with van der Waals surface area (Å²) in [5.41, 5.74) is 3.97. The molecule has 1 unspecified atom stereocenters. The fourth-order valence-electron chi connectivity index (χ4n) is 4.00. The predicted molar refractivity (Wildman–Crippen MR) is 102 cm³/mol. The Morgan fingerprint density at radius 1 is 1.04 bits per heavy atom. The van der Waals surface area contributed by atoms with Crippen molar-refractivity contribution in [3.8, 4) is 0 Å². The zero-order valence-corrected chi connectivity index (χ0v) is 15.2. The third kappa shape index (κ3) is 3.43. The van der Waals surface area contributed by atoms with E-state index in [-0.39, 0.29) is 0 Å². The Morgan fingerprint density at radius 2 is 1.81 bits per heavy atom. The van der Waals surface area contributed by atoms with E-state index in [2.05, 4.69) is 52.5 Å². The molecule has 26 heavy (non-hydrogen) atoms. The van der Waals surface area contributed by atoms with Crippen molar-refractivity contribution in [1.29, 1.82) is 0 Å². The maximum atomic E-state index is 11.4. The van der Waals surface area contributed by atoms with Gasteiger partial charge in [0.15, 0.2) is 0 Å². The lowest BCUT2D eigenvalue weighted by Crippen LogP contribution is -2.39. The summed E-state index contributed by atoms with van der Waals surface area (Å²) in [6.45, 7) is 2.18. The summed E-state index contributed by atoms with van der Waals surface area (Å²) in [7, 11) is 1.97. The number of rotatable bonds is 6. The van der Waals surface area contributed by atoms with Gasteiger partial charge in [0.2, 0.25) is 0 Å². The Kier molecular flexibility index (Phi) is 4.62. The number of hydrogen-bond acceptors (Lipinski definition) is 3. The quantitative estimate of drug-likeness (QED) is 0.744. The molecular weight excluding hydrogens is 322 g/mol. The van der Waals surface area contributed by atoms with Gasteiger partial charge in [-0.3, -0.25) is 9.58 Å². The van der Waals surface area contributed by atoms with Crippen molar-refractivity contribution in [3.63, 3.8) is 0 Å². The first-order valence-corrected chi connectivity index (χ1v) is 9.18. The van der Waals surface area contributed by atoms with E-state index in [1.165, 1.54) is 11.1 Å². The van der Waals surface area contributed by atoms with Gasteiger partial charge in [-0.25, -0.2) is 0 Å². The van der Waals surface area contributed by atoms with Gasteiger partial charge in [-0.05, 0) is 35.6 Å². The second-order valence-corrected chi connectivity index (χ2v) is 7.27. The molecule has 0 aliphatic heterocycles. The van der Waals surface area contributed by atoms with Crippen LogP contribution in [-0.2, 0) is 32.2 Å². The number of aromatic nitrogens is 2. The number of fused-ring (bicyclic) bond motifs is 1. The van der Waals surface area contributed by atoms with Gasteiger partial charge in [0, 0.05) is 32.9 Å². The maximum absolute atomic E-state index is 11.4. The first kappa shape index (κ1) is 17.0. The Hall–Kier alpha value is -2.43. The third-order valence-electron chi connectivity index (χ3n) is 5.37. The van der Waals surface area contributed by atoms with E-state index in [9.17, 15) is 5.11 Å². The molecule has 0 amide bonds. The smallest absolute Gasteiger partial charge is 0.103 e. The molecule has 0 radical (unpaired) electrons. The van der Waals surface area contributed by atoms with Crippen LogP contribution in [-0.4, -0.2) is 26.3 Å². The molecule has 1 aliphatic rings. The van der Waals surface area contributed by atoms with Crippen LogP contribution >= 0.6 is 0 Å². The van der Waals surface area contributed by atoms with Crippen LogP contribution < -0.4 is 0 Å². The van der Waals surface area contributed by atoms with Gasteiger partial charge >= 0.3 is 0 Å². The minimum Gasteiger partial charge on any atom is -0.384 e. The van der Waals surface area contributed by atoms with E-state index < -0.39 is 5.60 Å². The normalized spacial score (nSPS) is 19.0. The van der Waals surface area contributed by atoms with Gasteiger partial charge in [-0.1, -0.05) is 54.6 Å². The summed E-state index contributed by atoms with van der Waals surface area (Å²) >= 11 is 0. The number of benzene rings is 2. The van der Waals surface area contributed by atoms with E-state index in [0.29, 0.717) is 6.54 Å². The summed E-state index contributed by atoms with van der Waals surface area (Å²) in [5, 5.41) is 15.7. The molecule has 134 valence electrons. The SMILES string of the molecule is Cn1nccc1CN(Cc1ccccc1)CC1(O)CCc2ccccc21. The van der Waals surface area contributed by atoms with Crippen molar-refractivity contribution in [2.45, 2.75) is 31.5 Å². The fourth-order valence-corrected chi connectivity index (χ4v) is 4.00. The number of nitrogens with zero attached hydrogens (tertiary/aromatic N) is 3. The second-order valence-electron chi connectivity index (χ2n) is 7.27. The van der Waals surface area contributed by atoms with Gasteiger partial charge < -0.3 is 5.11 Å². The largest absolute Gasteiger partial charge is 0.384 e. The summed E-state index contributed by atoms with van der Waals surface area (Å²) in [6.07, 6.45) is 3.55. The maximum Gasteiger partial charge on any atom is 0.103 e. The van der Waals surface area contributed by atoms with Crippen LogP contribution in [0.3, 0.4) is 0 Å². The minimum absolute atomic E-state index is 0.615. The van der Waals surface area contributed by atoms with Crippen molar-refractivity contribution in [3.05, 3.63) is 89.2 Å². The van der Waals surface area contributed by atoms with Crippen molar-refractivity contribution < 1.29 is 5.11 Å². The minimum atomic E-state index is -0.788. The highest BCUT2D eigenvalue weighted by Crippen LogP contribution is 2.37. The number of aryl methyl sites for hydroxylation is 2. The van der Waals surface area contributed by atoms with Crippen molar-refractivity contribution in [1.82, 2.24) is 14.7 Å². The monoisotopic (exact) mass is 347 g/mol. The molecule has 0 saturated heterocycles. The Balaban J connectivity index is 1.59. The molecule has 0 bridgehead atoms. The molecule has 0 saturated carbocycles. The highest BCUT2D eigenvalue weighted by molar-refractivity contribution is 5.37. The highest BCUT2D eigenvalue weighted by atomic mass is 16.3. The molecule has 1 heterocycles. The van der Waals surface area contributed by atoms with Crippen molar-refractivity contribution >= 4 is 0 Å².